The molecule has 282 valence electrons. The van der Waals surface area contributed by atoms with E-state index in [4.69, 9.17) is 0 Å². The highest BCUT2D eigenvalue weighted by Gasteiger charge is 2.52. The van der Waals surface area contributed by atoms with Gasteiger partial charge in [0.15, 0.2) is 0 Å². The van der Waals surface area contributed by atoms with Gasteiger partial charge in [0.1, 0.15) is 0 Å². The van der Waals surface area contributed by atoms with Crippen LogP contribution in [0.25, 0.3) is 64.7 Å². The summed E-state index contributed by atoms with van der Waals surface area (Å²) < 4.78 is 2.60. The number of fused-ring (bicyclic) bond motifs is 16. The van der Waals surface area contributed by atoms with E-state index in [1.807, 2.05) is 11.3 Å². The first-order valence-corrected chi connectivity index (χ1v) is 21.8. The Balaban J connectivity index is 1.14. The summed E-state index contributed by atoms with van der Waals surface area (Å²) in [5.41, 5.74) is 21.5. The maximum Gasteiger partial charge on any atom is 0.0726 e. The van der Waals surface area contributed by atoms with Crippen molar-refractivity contribution in [2.45, 2.75) is 24.7 Å². The van der Waals surface area contributed by atoms with Crippen molar-refractivity contribution >= 4 is 48.6 Å². The van der Waals surface area contributed by atoms with Crippen LogP contribution < -0.4 is 4.90 Å². The molecule has 2 heteroatoms. The minimum Gasteiger partial charge on any atom is -0.309 e. The fourth-order valence-electron chi connectivity index (χ4n) is 11.4. The molecule has 60 heavy (non-hydrogen) atoms. The van der Waals surface area contributed by atoms with Crippen LogP contribution in [0, 0.1) is 0 Å². The van der Waals surface area contributed by atoms with Crippen LogP contribution in [0.1, 0.15) is 47.2 Å². The third-order valence-corrected chi connectivity index (χ3v) is 15.1. The highest BCUT2D eigenvalue weighted by molar-refractivity contribution is 7.26. The molecule has 1 nitrogen and oxygen atoms in total. The Bertz CT molecular complexity index is 3380. The average molecular weight is 782 g/mol. The van der Waals surface area contributed by atoms with E-state index in [2.05, 4.69) is 219 Å². The smallest absolute Gasteiger partial charge is 0.0726 e. The number of rotatable bonds is 4. The zero-order valence-electron chi connectivity index (χ0n) is 33.4. The zero-order valence-corrected chi connectivity index (χ0v) is 34.2. The highest BCUT2D eigenvalue weighted by atomic mass is 32.1. The lowest BCUT2D eigenvalue weighted by Crippen LogP contribution is -2.26. The van der Waals surface area contributed by atoms with E-state index in [-0.39, 0.29) is 5.41 Å². The first kappa shape index (κ1) is 33.9. The van der Waals surface area contributed by atoms with Crippen LogP contribution in [0.4, 0.5) is 17.1 Å². The summed E-state index contributed by atoms with van der Waals surface area (Å²) >= 11 is 1.90. The Morgan fingerprint density at radius 1 is 0.400 bits per heavy atom. The van der Waals surface area contributed by atoms with Crippen LogP contribution in [-0.4, -0.2) is 0 Å². The van der Waals surface area contributed by atoms with Gasteiger partial charge in [-0.1, -0.05) is 184 Å². The number of anilines is 3. The molecule has 0 N–H and O–H groups in total. The van der Waals surface area contributed by atoms with Gasteiger partial charge in [0.05, 0.1) is 16.8 Å². The lowest BCUT2D eigenvalue weighted by atomic mass is 9.70. The lowest BCUT2D eigenvalue weighted by molar-refractivity contribution is 0.660. The molecule has 0 saturated heterocycles. The summed E-state index contributed by atoms with van der Waals surface area (Å²) in [7, 11) is 0. The molecule has 0 aliphatic heterocycles. The Hall–Kier alpha value is -7.00. The van der Waals surface area contributed by atoms with Crippen LogP contribution in [-0.2, 0) is 10.8 Å². The van der Waals surface area contributed by atoms with Crippen LogP contribution in [0.5, 0.6) is 0 Å². The van der Waals surface area contributed by atoms with Gasteiger partial charge < -0.3 is 4.90 Å². The van der Waals surface area contributed by atoms with Gasteiger partial charge >= 0.3 is 0 Å². The van der Waals surface area contributed by atoms with Gasteiger partial charge in [0, 0.05) is 36.8 Å². The molecular formula is C58H39NS. The molecule has 0 unspecified atom stereocenters. The summed E-state index contributed by atoms with van der Waals surface area (Å²) in [6.45, 7) is 4.78. The highest BCUT2D eigenvalue weighted by Crippen LogP contribution is 2.65. The van der Waals surface area contributed by atoms with E-state index in [0.717, 1.165) is 0 Å². The number of nitrogens with zero attached hydrogens (tertiary/aromatic N) is 1. The second kappa shape index (κ2) is 12.3. The molecule has 0 bridgehead atoms. The van der Waals surface area contributed by atoms with Gasteiger partial charge in [-0.3, -0.25) is 0 Å². The maximum atomic E-state index is 2.60. The van der Waals surface area contributed by atoms with Gasteiger partial charge in [-0.2, -0.15) is 0 Å². The normalized spacial score (nSPS) is 14.4. The Morgan fingerprint density at radius 3 is 1.67 bits per heavy atom. The second-order valence-electron chi connectivity index (χ2n) is 17.1. The van der Waals surface area contributed by atoms with E-state index in [1.54, 1.807) is 0 Å². The van der Waals surface area contributed by atoms with Crippen molar-refractivity contribution in [3.05, 3.63) is 234 Å². The largest absolute Gasteiger partial charge is 0.309 e. The van der Waals surface area contributed by atoms with Crippen molar-refractivity contribution in [1.82, 2.24) is 0 Å². The summed E-state index contributed by atoms with van der Waals surface area (Å²) in [6.07, 6.45) is 0. The van der Waals surface area contributed by atoms with Gasteiger partial charge in [-0.25, -0.2) is 0 Å². The van der Waals surface area contributed by atoms with Gasteiger partial charge in [0.25, 0.3) is 0 Å². The maximum absolute atomic E-state index is 2.60. The SMILES string of the molecule is CC1(C)c2ccccc2-c2ccc(N(c3cccc4c3-c3ccccc3C43c4ccccc4-c4ccccc43)c3cccc4sc5c(-c6ccccc6)cccc5c34)cc21. The standard InChI is InChI=1S/C58H39NS/c1-57(2)45-25-10-6-19-39(45)42-34-33-37(35-50(42)57)59(52-31-16-32-53-55(52)44-24-14-23-38(56(44)60-53)36-17-4-3-5-18-36)51-30-15-29-49-54(51)43-22-9-13-28-48(43)58(49)46-26-11-7-20-40(46)41-21-8-12-27-47(41)58/h3-35H,1-2H3. The van der Waals surface area contributed by atoms with E-state index in [9.17, 15) is 0 Å². The van der Waals surface area contributed by atoms with Gasteiger partial charge in [-0.15, -0.1) is 11.3 Å². The average Bonchev–Trinajstić information content (AvgIpc) is 4.00. The minimum atomic E-state index is -0.436. The van der Waals surface area contributed by atoms with Crippen molar-refractivity contribution in [3.63, 3.8) is 0 Å². The molecule has 0 amide bonds. The molecule has 1 heterocycles. The summed E-state index contributed by atoms with van der Waals surface area (Å²) in [6, 6.07) is 75.3. The summed E-state index contributed by atoms with van der Waals surface area (Å²) in [4.78, 5) is 2.60. The zero-order chi connectivity index (χ0) is 39.7. The monoisotopic (exact) mass is 781 g/mol. The fraction of sp³-hybridized carbons (Fsp3) is 0.0690. The first-order valence-electron chi connectivity index (χ1n) is 21.0. The Morgan fingerprint density at radius 2 is 0.933 bits per heavy atom. The van der Waals surface area contributed by atoms with Crippen molar-refractivity contribution in [1.29, 1.82) is 0 Å². The van der Waals surface area contributed by atoms with Crippen molar-refractivity contribution in [2.24, 2.45) is 0 Å². The van der Waals surface area contributed by atoms with E-state index in [1.165, 1.54) is 115 Å². The molecule has 3 aliphatic carbocycles. The molecule has 1 aromatic heterocycles. The molecule has 9 aromatic carbocycles. The third kappa shape index (κ3) is 4.31. The molecule has 0 saturated carbocycles. The van der Waals surface area contributed by atoms with E-state index >= 15 is 0 Å². The lowest BCUT2D eigenvalue weighted by Gasteiger charge is -2.32. The number of benzene rings is 9. The minimum absolute atomic E-state index is 0.147. The summed E-state index contributed by atoms with van der Waals surface area (Å²) in [5, 5.41) is 2.57. The number of thiophene rings is 1. The predicted octanol–water partition coefficient (Wildman–Crippen LogP) is 15.8. The molecule has 3 aliphatic rings. The molecular weight excluding hydrogens is 743 g/mol. The Kier molecular flexibility index (Phi) is 6.94. The van der Waals surface area contributed by atoms with Crippen LogP contribution in [0.3, 0.4) is 0 Å². The summed E-state index contributed by atoms with van der Waals surface area (Å²) in [5.74, 6) is 0. The molecule has 0 radical (unpaired) electrons. The predicted molar refractivity (Wildman–Crippen MR) is 253 cm³/mol. The number of hydrogen-bond acceptors (Lipinski definition) is 2. The molecule has 0 atom stereocenters. The van der Waals surface area contributed by atoms with E-state index < -0.39 is 5.41 Å². The van der Waals surface area contributed by atoms with Crippen LogP contribution in [0.2, 0.25) is 0 Å². The first-order chi connectivity index (χ1) is 29.5. The van der Waals surface area contributed by atoms with E-state index in [0.29, 0.717) is 0 Å². The second-order valence-corrected chi connectivity index (χ2v) is 18.2. The third-order valence-electron chi connectivity index (χ3n) is 13.9. The quantitative estimate of drug-likeness (QED) is 0.172. The Labute approximate surface area is 354 Å². The molecule has 10 aromatic rings. The van der Waals surface area contributed by atoms with Crippen molar-refractivity contribution < 1.29 is 0 Å². The van der Waals surface area contributed by atoms with Crippen molar-refractivity contribution in [2.75, 3.05) is 4.90 Å². The fourth-order valence-corrected chi connectivity index (χ4v) is 12.7. The topological polar surface area (TPSA) is 3.24 Å². The van der Waals surface area contributed by atoms with Crippen LogP contribution >= 0.6 is 11.3 Å². The van der Waals surface area contributed by atoms with Gasteiger partial charge in [0.2, 0.25) is 0 Å². The molecule has 13 rings (SSSR count). The molecule has 0 fully saturated rings. The van der Waals surface area contributed by atoms with Gasteiger partial charge in [-0.05, 0) is 103 Å². The van der Waals surface area contributed by atoms with Crippen molar-refractivity contribution in [3.8, 4) is 44.5 Å². The van der Waals surface area contributed by atoms with Crippen LogP contribution in [0.15, 0.2) is 200 Å². The number of hydrogen-bond donors (Lipinski definition) is 0. The molecule has 1 spiro atoms.